The second kappa shape index (κ2) is 5.72. The van der Waals surface area contributed by atoms with Crippen LogP contribution in [0.25, 0.3) is 0 Å². The standard InChI is InChI=1S/C14H25NO3/c1-10(16)11-6-8-12(9-7-11)15(5)13(17)18-14(2,3)4/h11-12H,6-9H2,1-5H3. The lowest BCUT2D eigenvalue weighted by Gasteiger charge is -2.34. The fourth-order valence-corrected chi connectivity index (χ4v) is 2.35. The van der Waals surface area contributed by atoms with E-state index < -0.39 is 5.60 Å². The lowest BCUT2D eigenvalue weighted by atomic mass is 9.83. The van der Waals surface area contributed by atoms with Gasteiger partial charge in [0.2, 0.25) is 0 Å². The van der Waals surface area contributed by atoms with Crippen LogP contribution in [0, 0.1) is 5.92 Å². The molecular weight excluding hydrogens is 230 g/mol. The van der Waals surface area contributed by atoms with E-state index in [1.807, 2.05) is 20.8 Å². The van der Waals surface area contributed by atoms with Crippen LogP contribution in [-0.4, -0.2) is 35.5 Å². The summed E-state index contributed by atoms with van der Waals surface area (Å²) in [5.41, 5.74) is -0.456. The Morgan fingerprint density at radius 1 is 1.11 bits per heavy atom. The zero-order chi connectivity index (χ0) is 13.9. The van der Waals surface area contributed by atoms with Crippen molar-refractivity contribution in [1.29, 1.82) is 0 Å². The normalized spacial score (nSPS) is 24.5. The zero-order valence-corrected chi connectivity index (χ0v) is 12.2. The SMILES string of the molecule is CC(=O)C1CCC(N(C)C(=O)OC(C)(C)C)CC1. The van der Waals surface area contributed by atoms with Gasteiger partial charge in [-0.15, -0.1) is 0 Å². The second-order valence-electron chi connectivity index (χ2n) is 6.21. The first-order valence-corrected chi connectivity index (χ1v) is 6.67. The molecule has 1 fully saturated rings. The molecule has 0 aromatic rings. The van der Waals surface area contributed by atoms with Crippen LogP contribution in [0.4, 0.5) is 4.79 Å². The number of ketones is 1. The number of rotatable bonds is 2. The zero-order valence-electron chi connectivity index (χ0n) is 12.2. The fourth-order valence-electron chi connectivity index (χ4n) is 2.35. The summed E-state index contributed by atoms with van der Waals surface area (Å²) in [6.45, 7) is 7.25. The van der Waals surface area contributed by atoms with Crippen molar-refractivity contribution in [3.63, 3.8) is 0 Å². The summed E-state index contributed by atoms with van der Waals surface area (Å²) in [4.78, 5) is 24.9. The van der Waals surface area contributed by atoms with Gasteiger partial charge in [0.05, 0.1) is 0 Å². The number of amides is 1. The average molecular weight is 255 g/mol. The van der Waals surface area contributed by atoms with E-state index >= 15 is 0 Å². The Kier molecular flexibility index (Phi) is 4.77. The minimum atomic E-state index is -0.456. The third-order valence-corrected chi connectivity index (χ3v) is 3.50. The van der Waals surface area contributed by atoms with Crippen LogP contribution >= 0.6 is 0 Å². The first-order valence-electron chi connectivity index (χ1n) is 6.67. The first kappa shape index (κ1) is 15.0. The van der Waals surface area contributed by atoms with E-state index in [1.165, 1.54) is 0 Å². The third kappa shape index (κ3) is 4.31. The molecule has 0 radical (unpaired) electrons. The van der Waals surface area contributed by atoms with Crippen molar-refractivity contribution in [3.05, 3.63) is 0 Å². The van der Waals surface area contributed by atoms with Gasteiger partial charge in [-0.05, 0) is 53.4 Å². The van der Waals surface area contributed by atoms with Gasteiger partial charge < -0.3 is 9.64 Å². The summed E-state index contributed by atoms with van der Waals surface area (Å²) in [5, 5.41) is 0. The summed E-state index contributed by atoms with van der Waals surface area (Å²) >= 11 is 0. The highest BCUT2D eigenvalue weighted by atomic mass is 16.6. The summed E-state index contributed by atoms with van der Waals surface area (Å²) in [5.74, 6) is 0.460. The highest BCUT2D eigenvalue weighted by Gasteiger charge is 2.30. The van der Waals surface area contributed by atoms with Crippen LogP contribution in [0.3, 0.4) is 0 Å². The van der Waals surface area contributed by atoms with Gasteiger partial charge in [-0.25, -0.2) is 4.79 Å². The molecule has 0 bridgehead atoms. The molecule has 0 heterocycles. The van der Waals surface area contributed by atoms with Gasteiger partial charge in [0.1, 0.15) is 11.4 Å². The summed E-state index contributed by atoms with van der Waals surface area (Å²) in [7, 11) is 1.78. The van der Waals surface area contributed by atoms with E-state index in [0.717, 1.165) is 25.7 Å². The van der Waals surface area contributed by atoms with Crippen LogP contribution in [0.2, 0.25) is 0 Å². The molecule has 0 saturated heterocycles. The molecule has 0 aromatic carbocycles. The Morgan fingerprint density at radius 3 is 2.00 bits per heavy atom. The van der Waals surface area contributed by atoms with E-state index in [2.05, 4.69) is 0 Å². The number of hydrogen-bond donors (Lipinski definition) is 0. The minimum absolute atomic E-state index is 0.188. The van der Waals surface area contributed by atoms with Gasteiger partial charge in [-0.2, -0.15) is 0 Å². The maximum absolute atomic E-state index is 11.9. The van der Waals surface area contributed by atoms with E-state index in [0.29, 0.717) is 0 Å². The third-order valence-electron chi connectivity index (χ3n) is 3.50. The molecule has 0 aliphatic heterocycles. The predicted octanol–water partition coefficient (Wildman–Crippen LogP) is 3.00. The highest BCUT2D eigenvalue weighted by Crippen LogP contribution is 2.28. The Bertz CT molecular complexity index is 311. The lowest BCUT2D eigenvalue weighted by Crippen LogP contribution is -2.42. The van der Waals surface area contributed by atoms with E-state index in [9.17, 15) is 9.59 Å². The average Bonchev–Trinajstić information content (AvgIpc) is 2.26. The van der Waals surface area contributed by atoms with E-state index in [4.69, 9.17) is 4.74 Å². The molecule has 1 amide bonds. The first-order chi connectivity index (χ1) is 8.20. The van der Waals surface area contributed by atoms with Gasteiger partial charge >= 0.3 is 6.09 Å². The maximum Gasteiger partial charge on any atom is 0.410 e. The molecule has 104 valence electrons. The van der Waals surface area contributed by atoms with Crippen molar-refractivity contribution >= 4 is 11.9 Å². The van der Waals surface area contributed by atoms with E-state index in [-0.39, 0.29) is 23.8 Å². The van der Waals surface area contributed by atoms with Gasteiger partial charge in [0, 0.05) is 19.0 Å². The molecule has 1 aliphatic rings. The van der Waals surface area contributed by atoms with E-state index in [1.54, 1.807) is 18.9 Å². The number of carbonyl (C=O) groups excluding carboxylic acids is 2. The highest BCUT2D eigenvalue weighted by molar-refractivity contribution is 5.78. The number of hydrogen-bond acceptors (Lipinski definition) is 3. The molecule has 0 atom stereocenters. The van der Waals surface area contributed by atoms with Crippen LogP contribution in [-0.2, 0) is 9.53 Å². The summed E-state index contributed by atoms with van der Waals surface area (Å²) in [6.07, 6.45) is 3.27. The van der Waals surface area contributed by atoms with Gasteiger partial charge in [0.15, 0.2) is 0 Å². The lowest BCUT2D eigenvalue weighted by molar-refractivity contribution is -0.121. The van der Waals surface area contributed by atoms with Crippen LogP contribution < -0.4 is 0 Å². The molecule has 0 N–H and O–H groups in total. The van der Waals surface area contributed by atoms with Gasteiger partial charge in [-0.1, -0.05) is 0 Å². The largest absolute Gasteiger partial charge is 0.444 e. The molecule has 18 heavy (non-hydrogen) atoms. The molecular formula is C14H25NO3. The van der Waals surface area contributed by atoms with Crippen molar-refractivity contribution in [2.75, 3.05) is 7.05 Å². The molecule has 0 unspecified atom stereocenters. The molecule has 4 heteroatoms. The van der Waals surface area contributed by atoms with Crippen molar-refractivity contribution in [2.45, 2.75) is 65.0 Å². The number of Topliss-reactive ketones (excluding diaryl/α,β-unsaturated/α-hetero) is 1. The Labute approximate surface area is 110 Å². The molecule has 1 saturated carbocycles. The molecule has 0 spiro atoms. The topological polar surface area (TPSA) is 46.6 Å². The molecule has 1 aliphatic carbocycles. The molecule has 0 aromatic heterocycles. The van der Waals surface area contributed by atoms with Crippen LogP contribution in [0.5, 0.6) is 0 Å². The Hall–Kier alpha value is -1.06. The van der Waals surface area contributed by atoms with Crippen molar-refractivity contribution in [3.8, 4) is 0 Å². The second-order valence-corrected chi connectivity index (χ2v) is 6.21. The smallest absolute Gasteiger partial charge is 0.410 e. The number of nitrogens with zero attached hydrogens (tertiary/aromatic N) is 1. The summed E-state index contributed by atoms with van der Waals surface area (Å²) < 4.78 is 5.35. The predicted molar refractivity (Wildman–Crippen MR) is 70.4 cm³/mol. The maximum atomic E-state index is 11.9. The Balaban J connectivity index is 2.47. The van der Waals surface area contributed by atoms with Gasteiger partial charge in [-0.3, -0.25) is 4.79 Å². The van der Waals surface area contributed by atoms with Gasteiger partial charge in [0.25, 0.3) is 0 Å². The minimum Gasteiger partial charge on any atom is -0.444 e. The van der Waals surface area contributed by atoms with Crippen molar-refractivity contribution in [1.82, 2.24) is 4.90 Å². The number of carbonyl (C=O) groups is 2. The molecule has 1 rings (SSSR count). The quantitative estimate of drug-likeness (QED) is 0.762. The van der Waals surface area contributed by atoms with Crippen molar-refractivity contribution in [2.24, 2.45) is 5.92 Å². The molecule has 4 nitrogen and oxygen atoms in total. The monoisotopic (exact) mass is 255 g/mol. The summed E-state index contributed by atoms with van der Waals surface area (Å²) in [6, 6.07) is 0.204. The van der Waals surface area contributed by atoms with Crippen LogP contribution in [0.15, 0.2) is 0 Å². The number of ether oxygens (including phenoxy) is 1. The fraction of sp³-hybridized carbons (Fsp3) is 0.857. The van der Waals surface area contributed by atoms with Crippen molar-refractivity contribution < 1.29 is 14.3 Å². The Morgan fingerprint density at radius 2 is 1.61 bits per heavy atom. The van der Waals surface area contributed by atoms with Crippen LogP contribution in [0.1, 0.15) is 53.4 Å².